The van der Waals surface area contributed by atoms with Crippen LogP contribution in [0.2, 0.25) is 5.02 Å². The van der Waals surface area contributed by atoms with Gasteiger partial charge in [-0.1, -0.05) is 23.7 Å². The largest absolute Gasteiger partial charge is 0.457 e. The van der Waals surface area contributed by atoms with Crippen LogP contribution in [0.4, 0.5) is 13.2 Å². The molecule has 1 saturated heterocycles. The van der Waals surface area contributed by atoms with E-state index in [2.05, 4.69) is 6.58 Å². The molecule has 1 atom stereocenters. The van der Waals surface area contributed by atoms with Gasteiger partial charge < -0.3 is 9.47 Å². The molecule has 138 valence electrons. The molecular formula is C20H18ClF3O2. The van der Waals surface area contributed by atoms with Gasteiger partial charge in [-0.15, -0.1) is 6.58 Å². The molecule has 1 aliphatic heterocycles. The molecule has 2 aromatic rings. The number of epoxide rings is 1. The fourth-order valence-electron chi connectivity index (χ4n) is 2.91. The van der Waals surface area contributed by atoms with Gasteiger partial charge in [-0.05, 0) is 61.2 Å². The fourth-order valence-corrected chi connectivity index (χ4v) is 3.04. The van der Waals surface area contributed by atoms with Crippen molar-refractivity contribution in [3.05, 3.63) is 71.3 Å². The fraction of sp³-hybridized carbons (Fsp3) is 0.300. The normalized spacial score (nSPS) is 19.2. The van der Waals surface area contributed by atoms with Gasteiger partial charge in [0.1, 0.15) is 17.1 Å². The van der Waals surface area contributed by atoms with Crippen molar-refractivity contribution in [3.8, 4) is 11.5 Å². The summed E-state index contributed by atoms with van der Waals surface area (Å²) in [6.45, 7) is 3.94. The van der Waals surface area contributed by atoms with Gasteiger partial charge in [0.2, 0.25) is 0 Å². The van der Waals surface area contributed by atoms with Gasteiger partial charge in [0.05, 0.1) is 12.2 Å². The average Bonchev–Trinajstić information content (AvgIpc) is 3.37. The minimum Gasteiger partial charge on any atom is -0.457 e. The average molecular weight is 383 g/mol. The minimum atomic E-state index is -4.49. The molecule has 0 saturated carbocycles. The van der Waals surface area contributed by atoms with Crippen LogP contribution in [0.3, 0.4) is 0 Å². The summed E-state index contributed by atoms with van der Waals surface area (Å²) in [7, 11) is 0. The Morgan fingerprint density at radius 3 is 2.38 bits per heavy atom. The predicted molar refractivity (Wildman–Crippen MR) is 94.6 cm³/mol. The van der Waals surface area contributed by atoms with E-state index in [1.165, 1.54) is 12.1 Å². The molecule has 0 aromatic heterocycles. The van der Waals surface area contributed by atoms with Crippen molar-refractivity contribution in [1.82, 2.24) is 0 Å². The number of ether oxygens (including phenoxy) is 2. The van der Waals surface area contributed by atoms with Gasteiger partial charge in [-0.25, -0.2) is 0 Å². The number of alkyl halides is 3. The molecule has 1 fully saturated rings. The maximum Gasteiger partial charge on any atom is 0.416 e. The van der Waals surface area contributed by atoms with E-state index < -0.39 is 17.3 Å². The third-order valence-electron chi connectivity index (χ3n) is 4.32. The van der Waals surface area contributed by atoms with E-state index in [1.54, 1.807) is 30.3 Å². The number of halogens is 4. The molecule has 2 aromatic carbocycles. The zero-order valence-electron chi connectivity index (χ0n) is 14.0. The first kappa shape index (κ1) is 18.8. The van der Waals surface area contributed by atoms with Gasteiger partial charge in [0.25, 0.3) is 0 Å². The molecule has 0 bridgehead atoms. The molecule has 1 unspecified atom stereocenters. The summed E-state index contributed by atoms with van der Waals surface area (Å²) in [6, 6.07) is 10.5. The Morgan fingerprint density at radius 2 is 1.81 bits per heavy atom. The molecule has 0 amide bonds. The summed E-state index contributed by atoms with van der Waals surface area (Å²) in [5.74, 6) is 0.531. The Kier molecular flexibility index (Phi) is 5.30. The van der Waals surface area contributed by atoms with Crippen molar-refractivity contribution in [2.75, 3.05) is 6.61 Å². The molecule has 26 heavy (non-hydrogen) atoms. The first-order valence-electron chi connectivity index (χ1n) is 8.24. The quantitative estimate of drug-likeness (QED) is 0.301. The Bertz CT molecular complexity index is 781. The number of hydrogen-bond donors (Lipinski definition) is 0. The molecule has 3 rings (SSSR count). The van der Waals surface area contributed by atoms with E-state index in [4.69, 9.17) is 21.1 Å². The third kappa shape index (κ3) is 4.22. The van der Waals surface area contributed by atoms with Crippen LogP contribution in [0.1, 0.15) is 30.4 Å². The van der Waals surface area contributed by atoms with Gasteiger partial charge in [-0.3, -0.25) is 0 Å². The third-order valence-corrected chi connectivity index (χ3v) is 4.57. The maximum absolute atomic E-state index is 13.6. The number of rotatable bonds is 7. The van der Waals surface area contributed by atoms with E-state index in [0.717, 1.165) is 18.9 Å². The highest BCUT2D eigenvalue weighted by molar-refractivity contribution is 6.30. The summed E-state index contributed by atoms with van der Waals surface area (Å²) < 4.78 is 51.9. The maximum atomic E-state index is 13.6. The Morgan fingerprint density at radius 1 is 1.15 bits per heavy atom. The number of unbranched alkanes of at least 4 members (excludes halogenated alkanes) is 1. The van der Waals surface area contributed by atoms with Crippen LogP contribution in [0, 0.1) is 0 Å². The standard InChI is InChI=1S/C20H18ClF3O2/c1-2-3-4-11-19(13-25-19)17-10-9-16(12-18(17)20(22,23)24)26-15-7-5-14(21)6-8-15/h2,5-10,12H,1,3-4,11,13H2. The highest BCUT2D eigenvalue weighted by Crippen LogP contribution is 2.49. The van der Waals surface area contributed by atoms with E-state index in [-0.39, 0.29) is 11.3 Å². The summed E-state index contributed by atoms with van der Waals surface area (Å²) in [4.78, 5) is 0. The van der Waals surface area contributed by atoms with Gasteiger partial charge in [0, 0.05) is 5.02 Å². The van der Waals surface area contributed by atoms with E-state index in [9.17, 15) is 13.2 Å². The number of allylic oxidation sites excluding steroid dienone is 1. The van der Waals surface area contributed by atoms with Crippen LogP contribution >= 0.6 is 11.6 Å². The summed E-state index contributed by atoms with van der Waals surface area (Å²) in [5.41, 5.74) is -1.41. The molecule has 2 nitrogen and oxygen atoms in total. The molecule has 0 spiro atoms. The molecule has 0 radical (unpaired) electrons. The van der Waals surface area contributed by atoms with Crippen LogP contribution in [-0.2, 0) is 16.5 Å². The highest BCUT2D eigenvalue weighted by atomic mass is 35.5. The van der Waals surface area contributed by atoms with Crippen LogP contribution < -0.4 is 4.74 Å². The Balaban J connectivity index is 1.89. The second-order valence-electron chi connectivity index (χ2n) is 6.23. The summed E-state index contributed by atoms with van der Waals surface area (Å²) >= 11 is 5.81. The second kappa shape index (κ2) is 7.33. The molecule has 1 aliphatic rings. The highest BCUT2D eigenvalue weighted by Gasteiger charge is 2.50. The lowest BCUT2D eigenvalue weighted by Gasteiger charge is -2.19. The SMILES string of the molecule is C=CCCCC1(c2ccc(Oc3ccc(Cl)cc3)cc2C(F)(F)F)CO1. The number of benzene rings is 2. The van der Waals surface area contributed by atoms with Crippen molar-refractivity contribution in [2.24, 2.45) is 0 Å². The van der Waals surface area contributed by atoms with Crippen molar-refractivity contribution in [2.45, 2.75) is 31.0 Å². The minimum absolute atomic E-state index is 0.116. The summed E-state index contributed by atoms with van der Waals surface area (Å²) in [5, 5.41) is 0.524. The van der Waals surface area contributed by atoms with Crippen LogP contribution in [-0.4, -0.2) is 6.61 Å². The van der Waals surface area contributed by atoms with Crippen molar-refractivity contribution in [1.29, 1.82) is 0 Å². The molecule has 6 heteroatoms. The molecule has 0 N–H and O–H groups in total. The van der Waals surface area contributed by atoms with Crippen molar-refractivity contribution < 1.29 is 22.6 Å². The lowest BCUT2D eigenvalue weighted by atomic mass is 9.89. The Labute approximate surface area is 155 Å². The molecule has 1 heterocycles. The number of hydrogen-bond acceptors (Lipinski definition) is 2. The zero-order chi connectivity index (χ0) is 18.8. The Hall–Kier alpha value is -1.98. The molecular weight excluding hydrogens is 365 g/mol. The topological polar surface area (TPSA) is 21.8 Å². The van der Waals surface area contributed by atoms with Crippen molar-refractivity contribution in [3.63, 3.8) is 0 Å². The smallest absolute Gasteiger partial charge is 0.416 e. The summed E-state index contributed by atoms with van der Waals surface area (Å²) in [6.07, 6.45) is -0.747. The van der Waals surface area contributed by atoms with Gasteiger partial charge in [0.15, 0.2) is 0 Å². The zero-order valence-corrected chi connectivity index (χ0v) is 14.7. The lowest BCUT2D eigenvalue weighted by molar-refractivity contribution is -0.139. The monoisotopic (exact) mass is 382 g/mol. The van der Waals surface area contributed by atoms with Gasteiger partial charge in [-0.2, -0.15) is 13.2 Å². The van der Waals surface area contributed by atoms with E-state index >= 15 is 0 Å². The van der Waals surface area contributed by atoms with E-state index in [1.807, 2.05) is 0 Å². The van der Waals surface area contributed by atoms with Crippen LogP contribution in [0.5, 0.6) is 11.5 Å². The molecule has 0 aliphatic carbocycles. The lowest BCUT2D eigenvalue weighted by Crippen LogP contribution is -2.17. The van der Waals surface area contributed by atoms with Gasteiger partial charge >= 0.3 is 6.18 Å². The first-order valence-corrected chi connectivity index (χ1v) is 8.62. The predicted octanol–water partition coefficient (Wildman–Crippen LogP) is 6.73. The van der Waals surface area contributed by atoms with Crippen molar-refractivity contribution >= 4 is 11.6 Å². The first-order chi connectivity index (χ1) is 12.3. The van der Waals surface area contributed by atoms with E-state index in [0.29, 0.717) is 23.8 Å². The van der Waals surface area contributed by atoms with Crippen LogP contribution in [0.15, 0.2) is 55.1 Å². The second-order valence-corrected chi connectivity index (χ2v) is 6.66. The van der Waals surface area contributed by atoms with Crippen LogP contribution in [0.25, 0.3) is 0 Å².